The third-order valence-corrected chi connectivity index (χ3v) is 5.79. The van der Waals surface area contributed by atoms with E-state index < -0.39 is 0 Å². The number of hydrogen-bond acceptors (Lipinski definition) is 3. The molecule has 3 aromatic rings. The molecule has 0 radical (unpaired) electrons. The molecule has 1 aromatic heterocycles. The molecule has 0 saturated heterocycles. The molecule has 0 aliphatic carbocycles. The van der Waals surface area contributed by atoms with E-state index in [4.69, 9.17) is 23.2 Å². The molecule has 23 heavy (non-hydrogen) atoms. The van der Waals surface area contributed by atoms with Gasteiger partial charge in [0.05, 0.1) is 20.7 Å². The summed E-state index contributed by atoms with van der Waals surface area (Å²) < 4.78 is 13.2. The lowest BCUT2D eigenvalue weighted by atomic mass is 10.2. The van der Waals surface area contributed by atoms with Gasteiger partial charge < -0.3 is 0 Å². The summed E-state index contributed by atoms with van der Waals surface area (Å²) >= 11 is 15.2. The Labute approximate surface area is 152 Å². The molecule has 0 spiro atoms. The lowest BCUT2D eigenvalue weighted by Gasteiger charge is -2.01. The molecular weight excluding hydrogens is 372 g/mol. The van der Waals surface area contributed by atoms with Crippen molar-refractivity contribution in [1.82, 2.24) is 4.98 Å². The first-order chi connectivity index (χ1) is 11.1. The predicted molar refractivity (Wildman–Crippen MR) is 97.3 cm³/mol. The monoisotopic (exact) mass is 383 g/mol. The van der Waals surface area contributed by atoms with Gasteiger partial charge in [0.1, 0.15) is 5.82 Å². The van der Waals surface area contributed by atoms with Crippen LogP contribution < -0.4 is 0 Å². The van der Waals surface area contributed by atoms with Gasteiger partial charge in [0, 0.05) is 22.4 Å². The van der Waals surface area contributed by atoms with Gasteiger partial charge in [-0.3, -0.25) is 0 Å². The van der Waals surface area contributed by atoms with Crippen molar-refractivity contribution in [2.75, 3.05) is 0 Å². The van der Waals surface area contributed by atoms with Crippen LogP contribution in [0.1, 0.15) is 16.3 Å². The molecular formula is C17H12Cl2FNS2. The van der Waals surface area contributed by atoms with Gasteiger partial charge >= 0.3 is 0 Å². The van der Waals surface area contributed by atoms with Crippen LogP contribution in [-0.4, -0.2) is 4.98 Å². The summed E-state index contributed by atoms with van der Waals surface area (Å²) in [5.41, 5.74) is 2.08. The number of rotatable bonds is 5. The number of halogens is 3. The third-order valence-electron chi connectivity index (χ3n) is 3.12. The molecule has 3 rings (SSSR count). The smallest absolute Gasteiger partial charge is 0.124 e. The highest BCUT2D eigenvalue weighted by Gasteiger charge is 2.06. The van der Waals surface area contributed by atoms with E-state index in [9.17, 15) is 4.39 Å². The minimum absolute atomic E-state index is 0.214. The molecule has 0 aliphatic heterocycles. The first-order valence-electron chi connectivity index (χ1n) is 6.86. The highest BCUT2D eigenvalue weighted by Crippen LogP contribution is 2.27. The van der Waals surface area contributed by atoms with Crippen molar-refractivity contribution in [3.05, 3.63) is 80.0 Å². The van der Waals surface area contributed by atoms with Crippen molar-refractivity contribution in [2.45, 2.75) is 17.1 Å². The lowest BCUT2D eigenvalue weighted by Crippen LogP contribution is -1.89. The molecule has 1 nitrogen and oxygen atoms in total. The second-order valence-electron chi connectivity index (χ2n) is 4.90. The van der Waals surface area contributed by atoms with Gasteiger partial charge in [-0.2, -0.15) is 0 Å². The predicted octanol–water partition coefficient (Wildman–Crippen LogP) is 6.47. The molecule has 0 fully saturated rings. The second kappa shape index (κ2) is 7.67. The molecule has 0 N–H and O–H groups in total. The van der Waals surface area contributed by atoms with Gasteiger partial charge in [0.25, 0.3) is 0 Å². The van der Waals surface area contributed by atoms with E-state index in [1.54, 1.807) is 35.2 Å². The summed E-state index contributed by atoms with van der Waals surface area (Å²) in [7, 11) is 0. The Morgan fingerprint density at radius 2 is 1.96 bits per heavy atom. The second-order valence-corrected chi connectivity index (χ2v) is 7.71. The van der Waals surface area contributed by atoms with Gasteiger partial charge in [0.15, 0.2) is 0 Å². The van der Waals surface area contributed by atoms with Crippen LogP contribution in [0.2, 0.25) is 10.0 Å². The summed E-state index contributed by atoms with van der Waals surface area (Å²) in [4.78, 5) is 5.53. The van der Waals surface area contributed by atoms with Gasteiger partial charge in [-0.05, 0) is 35.9 Å². The fourth-order valence-corrected chi connectivity index (χ4v) is 4.12. The summed E-state index contributed by atoms with van der Waals surface area (Å²) in [6.45, 7) is 0. The molecule has 2 aromatic carbocycles. The van der Waals surface area contributed by atoms with Gasteiger partial charge in [0.2, 0.25) is 0 Å². The Morgan fingerprint density at radius 1 is 1.09 bits per heavy atom. The van der Waals surface area contributed by atoms with Gasteiger partial charge in [-0.1, -0.05) is 35.3 Å². The van der Waals surface area contributed by atoms with Crippen LogP contribution in [0.5, 0.6) is 0 Å². The minimum atomic E-state index is -0.214. The third kappa shape index (κ3) is 4.70. The number of nitrogens with zero attached hydrogens (tertiary/aromatic N) is 1. The van der Waals surface area contributed by atoms with Crippen molar-refractivity contribution >= 4 is 46.3 Å². The summed E-state index contributed by atoms with van der Waals surface area (Å²) in [5.74, 6) is 0.509. The topological polar surface area (TPSA) is 12.9 Å². The summed E-state index contributed by atoms with van der Waals surface area (Å²) in [6, 6.07) is 12.2. The van der Waals surface area contributed by atoms with E-state index >= 15 is 0 Å². The van der Waals surface area contributed by atoms with Crippen molar-refractivity contribution < 1.29 is 4.39 Å². The number of thioether (sulfide) groups is 1. The number of benzene rings is 2. The van der Waals surface area contributed by atoms with Gasteiger partial charge in [-0.25, -0.2) is 9.37 Å². The maximum Gasteiger partial charge on any atom is 0.124 e. The highest BCUT2D eigenvalue weighted by atomic mass is 35.5. The number of hydrogen-bond donors (Lipinski definition) is 0. The van der Waals surface area contributed by atoms with E-state index in [-0.39, 0.29) is 5.82 Å². The van der Waals surface area contributed by atoms with E-state index in [0.717, 1.165) is 33.3 Å². The van der Waals surface area contributed by atoms with E-state index in [1.165, 1.54) is 12.1 Å². The lowest BCUT2D eigenvalue weighted by molar-refractivity contribution is 0.624. The average Bonchev–Trinajstić information content (AvgIpc) is 2.97. The van der Waals surface area contributed by atoms with Crippen molar-refractivity contribution in [2.24, 2.45) is 0 Å². The number of thiazole rings is 1. The van der Waals surface area contributed by atoms with Crippen molar-refractivity contribution in [3.63, 3.8) is 0 Å². The molecule has 0 aliphatic rings. The van der Waals surface area contributed by atoms with E-state index in [1.807, 2.05) is 23.6 Å². The van der Waals surface area contributed by atoms with Crippen LogP contribution in [0.3, 0.4) is 0 Å². The maximum atomic E-state index is 13.2. The molecule has 0 saturated carbocycles. The zero-order valence-corrected chi connectivity index (χ0v) is 15.1. The first kappa shape index (κ1) is 16.8. The molecule has 0 bridgehead atoms. The summed E-state index contributed by atoms with van der Waals surface area (Å²) in [6.07, 6.45) is 0.728. The molecule has 0 atom stereocenters. The SMILES string of the molecule is Fc1cccc(SCc2csc(Cc3ccc(Cl)c(Cl)c3)n2)c1. The van der Waals surface area contributed by atoms with Crippen LogP contribution >= 0.6 is 46.3 Å². The largest absolute Gasteiger partial charge is 0.245 e. The van der Waals surface area contributed by atoms with Crippen LogP contribution in [-0.2, 0) is 12.2 Å². The maximum absolute atomic E-state index is 13.2. The fraction of sp³-hybridized carbons (Fsp3) is 0.118. The van der Waals surface area contributed by atoms with E-state index in [2.05, 4.69) is 4.98 Å². The first-order valence-corrected chi connectivity index (χ1v) is 9.48. The van der Waals surface area contributed by atoms with E-state index in [0.29, 0.717) is 10.0 Å². The molecule has 0 unspecified atom stereocenters. The molecule has 118 valence electrons. The van der Waals surface area contributed by atoms with Crippen molar-refractivity contribution in [1.29, 1.82) is 0 Å². The molecule has 1 heterocycles. The molecule has 6 heteroatoms. The quantitative estimate of drug-likeness (QED) is 0.468. The highest BCUT2D eigenvalue weighted by molar-refractivity contribution is 7.98. The van der Waals surface area contributed by atoms with Crippen LogP contribution in [0.25, 0.3) is 0 Å². The standard InChI is InChI=1S/C17H12Cl2FNS2/c18-15-5-4-11(6-16(15)19)7-17-21-13(10-23-17)9-22-14-3-1-2-12(20)8-14/h1-6,8,10H,7,9H2. The van der Waals surface area contributed by atoms with Crippen LogP contribution in [0.4, 0.5) is 4.39 Å². The van der Waals surface area contributed by atoms with Crippen LogP contribution in [0.15, 0.2) is 52.7 Å². The van der Waals surface area contributed by atoms with Crippen molar-refractivity contribution in [3.8, 4) is 0 Å². The fourth-order valence-electron chi connectivity index (χ4n) is 2.03. The normalized spacial score (nSPS) is 10.9. The Hall–Kier alpha value is -1.07. The average molecular weight is 384 g/mol. The zero-order valence-electron chi connectivity index (χ0n) is 11.9. The van der Waals surface area contributed by atoms with Crippen LogP contribution in [0, 0.1) is 5.82 Å². The summed E-state index contributed by atoms with van der Waals surface area (Å²) in [5, 5.41) is 4.18. The zero-order chi connectivity index (χ0) is 16.2. The Balaban J connectivity index is 1.62. The van der Waals surface area contributed by atoms with Gasteiger partial charge in [-0.15, -0.1) is 23.1 Å². The Kier molecular flexibility index (Phi) is 5.59. The molecule has 0 amide bonds. The number of aromatic nitrogens is 1. The minimum Gasteiger partial charge on any atom is -0.245 e. The Morgan fingerprint density at radius 3 is 2.74 bits per heavy atom. The Bertz CT molecular complexity index is 820.